The lowest BCUT2D eigenvalue weighted by molar-refractivity contribution is -0.137. The summed E-state index contributed by atoms with van der Waals surface area (Å²) in [7, 11) is 0. The van der Waals surface area contributed by atoms with Crippen molar-refractivity contribution in [2.75, 3.05) is 12.1 Å². The second-order valence-electron chi connectivity index (χ2n) is 5.52. The SMILES string of the molecule is O=C(NCc1ccc2c(c1)OCO2)C(=O)Nc1ccc(Cl)c(C(F)(F)F)c1. The third kappa shape index (κ3) is 4.43. The van der Waals surface area contributed by atoms with Gasteiger partial charge in [-0.25, -0.2) is 0 Å². The second-order valence-corrected chi connectivity index (χ2v) is 5.92. The zero-order chi connectivity index (χ0) is 19.6. The number of ether oxygens (including phenoxy) is 2. The van der Waals surface area contributed by atoms with Gasteiger partial charge in [-0.05, 0) is 35.9 Å². The van der Waals surface area contributed by atoms with Gasteiger partial charge in [0.15, 0.2) is 11.5 Å². The molecule has 1 aliphatic rings. The van der Waals surface area contributed by atoms with Crippen molar-refractivity contribution in [1.29, 1.82) is 0 Å². The van der Waals surface area contributed by atoms with Crippen molar-refractivity contribution in [2.45, 2.75) is 12.7 Å². The molecule has 0 radical (unpaired) electrons. The number of amides is 2. The van der Waals surface area contributed by atoms with E-state index in [1.807, 2.05) is 0 Å². The molecule has 2 N–H and O–H groups in total. The van der Waals surface area contributed by atoms with Crippen molar-refractivity contribution in [2.24, 2.45) is 0 Å². The van der Waals surface area contributed by atoms with Crippen LogP contribution in [0.1, 0.15) is 11.1 Å². The number of hydrogen-bond acceptors (Lipinski definition) is 4. The van der Waals surface area contributed by atoms with Crippen molar-refractivity contribution in [1.82, 2.24) is 5.32 Å². The zero-order valence-electron chi connectivity index (χ0n) is 13.5. The quantitative estimate of drug-likeness (QED) is 0.775. The third-order valence-electron chi connectivity index (χ3n) is 3.63. The van der Waals surface area contributed by atoms with Gasteiger partial charge in [0.05, 0.1) is 10.6 Å². The summed E-state index contributed by atoms with van der Waals surface area (Å²) in [6.45, 7) is 0.131. The van der Waals surface area contributed by atoms with Crippen molar-refractivity contribution in [3.63, 3.8) is 0 Å². The summed E-state index contributed by atoms with van der Waals surface area (Å²) in [6.07, 6.45) is -4.68. The molecule has 10 heteroatoms. The number of alkyl halides is 3. The van der Waals surface area contributed by atoms with Gasteiger partial charge in [-0.1, -0.05) is 17.7 Å². The molecule has 1 heterocycles. The van der Waals surface area contributed by atoms with Gasteiger partial charge in [0.2, 0.25) is 6.79 Å². The van der Waals surface area contributed by atoms with E-state index in [4.69, 9.17) is 21.1 Å². The minimum atomic E-state index is -4.68. The molecule has 1 aliphatic heterocycles. The lowest BCUT2D eigenvalue weighted by Gasteiger charge is -2.12. The highest BCUT2D eigenvalue weighted by Gasteiger charge is 2.33. The van der Waals surface area contributed by atoms with E-state index in [2.05, 4.69) is 10.6 Å². The number of fused-ring (bicyclic) bond motifs is 1. The first-order valence-corrected chi connectivity index (χ1v) is 7.96. The summed E-state index contributed by atoms with van der Waals surface area (Å²) in [4.78, 5) is 23.8. The molecular weight excluding hydrogens is 389 g/mol. The number of halogens is 4. The van der Waals surface area contributed by atoms with Crippen LogP contribution in [0.15, 0.2) is 36.4 Å². The first-order valence-electron chi connectivity index (χ1n) is 7.58. The summed E-state index contributed by atoms with van der Waals surface area (Å²) < 4.78 is 48.9. The van der Waals surface area contributed by atoms with Crippen LogP contribution >= 0.6 is 11.6 Å². The molecular formula is C17H12ClF3N2O4. The molecule has 0 bridgehead atoms. The average molecular weight is 401 g/mol. The number of nitrogens with one attached hydrogen (secondary N) is 2. The van der Waals surface area contributed by atoms with E-state index in [0.29, 0.717) is 23.1 Å². The number of anilines is 1. The van der Waals surface area contributed by atoms with Gasteiger partial charge in [-0.2, -0.15) is 13.2 Å². The molecule has 3 rings (SSSR count). The monoisotopic (exact) mass is 400 g/mol. The lowest BCUT2D eigenvalue weighted by atomic mass is 10.2. The summed E-state index contributed by atoms with van der Waals surface area (Å²) in [6, 6.07) is 7.81. The van der Waals surface area contributed by atoms with Crippen LogP contribution in [-0.4, -0.2) is 18.6 Å². The summed E-state index contributed by atoms with van der Waals surface area (Å²) in [5.41, 5.74) is -0.649. The highest BCUT2D eigenvalue weighted by molar-refractivity contribution is 6.39. The predicted molar refractivity (Wildman–Crippen MR) is 89.5 cm³/mol. The van der Waals surface area contributed by atoms with Crippen LogP contribution in [0.3, 0.4) is 0 Å². The average Bonchev–Trinajstić information content (AvgIpc) is 3.08. The Morgan fingerprint density at radius 2 is 1.78 bits per heavy atom. The Balaban J connectivity index is 1.60. The fourth-order valence-corrected chi connectivity index (χ4v) is 2.55. The molecule has 27 heavy (non-hydrogen) atoms. The van der Waals surface area contributed by atoms with Crippen LogP contribution in [0.4, 0.5) is 18.9 Å². The van der Waals surface area contributed by atoms with Crippen LogP contribution in [0.5, 0.6) is 11.5 Å². The number of rotatable bonds is 3. The van der Waals surface area contributed by atoms with Crippen LogP contribution < -0.4 is 20.1 Å². The van der Waals surface area contributed by atoms with E-state index in [9.17, 15) is 22.8 Å². The maximum Gasteiger partial charge on any atom is 0.417 e. The largest absolute Gasteiger partial charge is 0.454 e. The van der Waals surface area contributed by atoms with Gasteiger partial charge >= 0.3 is 18.0 Å². The predicted octanol–water partition coefficient (Wildman–Crippen LogP) is 3.34. The Morgan fingerprint density at radius 3 is 2.52 bits per heavy atom. The first kappa shape index (κ1) is 18.8. The molecule has 0 unspecified atom stereocenters. The number of hydrogen-bond donors (Lipinski definition) is 2. The molecule has 0 saturated carbocycles. The minimum absolute atomic E-state index is 0.0251. The van der Waals surface area contributed by atoms with Crippen LogP contribution in [0.2, 0.25) is 5.02 Å². The summed E-state index contributed by atoms with van der Waals surface area (Å²) >= 11 is 5.51. The molecule has 6 nitrogen and oxygen atoms in total. The molecule has 0 aromatic heterocycles. The number of carbonyl (C=O) groups is 2. The molecule has 2 aromatic rings. The summed E-state index contributed by atoms with van der Waals surface area (Å²) in [5.74, 6) is -1.01. The van der Waals surface area contributed by atoms with Crippen LogP contribution in [0.25, 0.3) is 0 Å². The lowest BCUT2D eigenvalue weighted by Crippen LogP contribution is -2.35. The maximum atomic E-state index is 12.8. The maximum absolute atomic E-state index is 12.8. The van der Waals surface area contributed by atoms with E-state index < -0.39 is 28.6 Å². The molecule has 0 atom stereocenters. The highest BCUT2D eigenvalue weighted by Crippen LogP contribution is 2.36. The fourth-order valence-electron chi connectivity index (χ4n) is 2.32. The Hall–Kier alpha value is -2.94. The van der Waals surface area contributed by atoms with Crippen molar-refractivity contribution < 1.29 is 32.2 Å². The van der Waals surface area contributed by atoms with Gasteiger partial charge < -0.3 is 20.1 Å². The molecule has 0 saturated heterocycles. The molecule has 0 aliphatic carbocycles. The van der Waals surface area contributed by atoms with Crippen molar-refractivity contribution >= 4 is 29.1 Å². The van der Waals surface area contributed by atoms with E-state index in [0.717, 1.165) is 6.07 Å². The zero-order valence-corrected chi connectivity index (χ0v) is 14.3. The molecule has 0 spiro atoms. The number of carbonyl (C=O) groups excluding carboxylic acids is 2. The Bertz CT molecular complexity index is 902. The standard InChI is InChI=1S/C17H12ClF3N2O4/c18-12-3-2-10(6-11(12)17(19,20)21)23-16(25)15(24)22-7-9-1-4-13-14(5-9)27-8-26-13/h1-6H,7-8H2,(H,22,24)(H,23,25). The Kier molecular flexibility index (Phi) is 5.13. The Morgan fingerprint density at radius 1 is 1.04 bits per heavy atom. The van der Waals surface area contributed by atoms with Gasteiger partial charge in [0.1, 0.15) is 0 Å². The minimum Gasteiger partial charge on any atom is -0.454 e. The van der Waals surface area contributed by atoms with E-state index in [-0.39, 0.29) is 19.0 Å². The molecule has 2 aromatic carbocycles. The fraction of sp³-hybridized carbons (Fsp3) is 0.176. The van der Waals surface area contributed by atoms with Gasteiger partial charge in [-0.3, -0.25) is 9.59 Å². The molecule has 2 amide bonds. The van der Waals surface area contributed by atoms with Gasteiger partial charge in [0, 0.05) is 12.2 Å². The van der Waals surface area contributed by atoms with E-state index >= 15 is 0 Å². The van der Waals surface area contributed by atoms with E-state index in [1.165, 1.54) is 6.07 Å². The number of benzene rings is 2. The van der Waals surface area contributed by atoms with Crippen LogP contribution in [0, 0.1) is 0 Å². The topological polar surface area (TPSA) is 76.7 Å². The van der Waals surface area contributed by atoms with Gasteiger partial charge in [-0.15, -0.1) is 0 Å². The van der Waals surface area contributed by atoms with E-state index in [1.54, 1.807) is 18.2 Å². The second kappa shape index (κ2) is 7.36. The Labute approximate surface area is 156 Å². The van der Waals surface area contributed by atoms with Gasteiger partial charge in [0.25, 0.3) is 0 Å². The van der Waals surface area contributed by atoms with Crippen molar-refractivity contribution in [3.05, 3.63) is 52.5 Å². The third-order valence-corrected chi connectivity index (χ3v) is 3.96. The summed E-state index contributed by atoms with van der Waals surface area (Å²) in [5, 5.41) is 3.97. The molecule has 0 fully saturated rings. The normalized spacial score (nSPS) is 12.6. The molecule has 142 valence electrons. The van der Waals surface area contributed by atoms with Crippen molar-refractivity contribution in [3.8, 4) is 11.5 Å². The first-order chi connectivity index (χ1) is 12.7. The highest BCUT2D eigenvalue weighted by atomic mass is 35.5. The van der Waals surface area contributed by atoms with Crippen LogP contribution in [-0.2, 0) is 22.3 Å². The smallest absolute Gasteiger partial charge is 0.417 e.